The third-order valence-electron chi connectivity index (χ3n) is 3.17. The molecule has 0 saturated carbocycles. The average molecular weight is 330 g/mol. The first-order valence-electron chi connectivity index (χ1n) is 6.74. The fourth-order valence-electron chi connectivity index (χ4n) is 1.76. The van der Waals surface area contributed by atoms with E-state index in [1.54, 1.807) is 0 Å². The molecule has 0 aromatic heterocycles. The largest absolute Gasteiger partial charge is 0.310 e. The Balaban J connectivity index is 2.82. The van der Waals surface area contributed by atoms with Crippen molar-refractivity contribution in [3.8, 4) is 0 Å². The van der Waals surface area contributed by atoms with Crippen LogP contribution in [0.25, 0.3) is 0 Å². The molecule has 1 rings (SSSR count). The SMILES string of the molecule is CCNC(C)c1cc(Br)ccc1SCC(C)CC. The molecule has 1 aromatic carbocycles. The monoisotopic (exact) mass is 329 g/mol. The minimum absolute atomic E-state index is 0.409. The van der Waals surface area contributed by atoms with Gasteiger partial charge in [0.15, 0.2) is 0 Å². The van der Waals surface area contributed by atoms with Crippen molar-refractivity contribution >= 4 is 27.7 Å². The van der Waals surface area contributed by atoms with E-state index in [2.05, 4.69) is 67.1 Å². The lowest BCUT2D eigenvalue weighted by atomic mass is 10.1. The van der Waals surface area contributed by atoms with Gasteiger partial charge in [-0.2, -0.15) is 0 Å². The van der Waals surface area contributed by atoms with E-state index in [1.807, 2.05) is 11.8 Å². The Morgan fingerprint density at radius 3 is 2.61 bits per heavy atom. The summed E-state index contributed by atoms with van der Waals surface area (Å²) >= 11 is 5.55. The summed E-state index contributed by atoms with van der Waals surface area (Å²) in [5, 5.41) is 3.50. The molecule has 0 aliphatic heterocycles. The van der Waals surface area contributed by atoms with Crippen LogP contribution in [0.4, 0.5) is 0 Å². The molecule has 0 bridgehead atoms. The van der Waals surface area contributed by atoms with Crippen LogP contribution in [0.1, 0.15) is 45.7 Å². The molecule has 1 N–H and O–H groups in total. The predicted molar refractivity (Wildman–Crippen MR) is 86.4 cm³/mol. The van der Waals surface area contributed by atoms with Crippen LogP contribution < -0.4 is 5.32 Å². The van der Waals surface area contributed by atoms with E-state index in [0.29, 0.717) is 6.04 Å². The lowest BCUT2D eigenvalue weighted by Gasteiger charge is -2.18. The Morgan fingerprint density at radius 1 is 1.28 bits per heavy atom. The molecule has 102 valence electrons. The van der Waals surface area contributed by atoms with Crippen LogP contribution in [0.2, 0.25) is 0 Å². The Kier molecular flexibility index (Phi) is 7.35. The van der Waals surface area contributed by atoms with Crippen LogP contribution in [0, 0.1) is 5.92 Å². The predicted octanol–water partition coefficient (Wildman–Crippen LogP) is 5.26. The van der Waals surface area contributed by atoms with Gasteiger partial charge in [0.25, 0.3) is 0 Å². The topological polar surface area (TPSA) is 12.0 Å². The highest BCUT2D eigenvalue weighted by Crippen LogP contribution is 2.31. The third kappa shape index (κ3) is 4.94. The summed E-state index contributed by atoms with van der Waals surface area (Å²) in [6.45, 7) is 9.97. The van der Waals surface area contributed by atoms with E-state index in [4.69, 9.17) is 0 Å². The first-order chi connectivity index (χ1) is 8.58. The van der Waals surface area contributed by atoms with Crippen molar-refractivity contribution in [1.29, 1.82) is 0 Å². The van der Waals surface area contributed by atoms with Crippen LogP contribution in [-0.2, 0) is 0 Å². The second-order valence-corrected chi connectivity index (χ2v) is 6.76. The third-order valence-corrected chi connectivity index (χ3v) is 5.08. The van der Waals surface area contributed by atoms with Crippen molar-refractivity contribution in [1.82, 2.24) is 5.32 Å². The van der Waals surface area contributed by atoms with Gasteiger partial charge in [-0.15, -0.1) is 11.8 Å². The minimum Gasteiger partial charge on any atom is -0.310 e. The van der Waals surface area contributed by atoms with Gasteiger partial charge < -0.3 is 5.32 Å². The van der Waals surface area contributed by atoms with Crippen molar-refractivity contribution in [3.63, 3.8) is 0 Å². The fraction of sp³-hybridized carbons (Fsp3) is 0.600. The number of thioether (sulfide) groups is 1. The molecule has 3 heteroatoms. The first-order valence-corrected chi connectivity index (χ1v) is 8.51. The van der Waals surface area contributed by atoms with Gasteiger partial charge >= 0.3 is 0 Å². The lowest BCUT2D eigenvalue weighted by molar-refractivity contribution is 0.589. The molecule has 0 saturated heterocycles. The fourth-order valence-corrected chi connectivity index (χ4v) is 3.40. The molecule has 0 radical (unpaired) electrons. The van der Waals surface area contributed by atoms with Crippen LogP contribution in [0.3, 0.4) is 0 Å². The zero-order valence-electron chi connectivity index (χ0n) is 11.8. The number of nitrogens with one attached hydrogen (secondary N) is 1. The minimum atomic E-state index is 0.409. The van der Waals surface area contributed by atoms with Crippen molar-refractivity contribution in [3.05, 3.63) is 28.2 Å². The molecular weight excluding hydrogens is 306 g/mol. The van der Waals surface area contributed by atoms with Crippen LogP contribution in [0.15, 0.2) is 27.6 Å². The van der Waals surface area contributed by atoms with Crippen LogP contribution >= 0.6 is 27.7 Å². The maximum Gasteiger partial charge on any atom is 0.0303 e. The van der Waals surface area contributed by atoms with E-state index in [0.717, 1.165) is 16.9 Å². The number of benzene rings is 1. The summed E-state index contributed by atoms with van der Waals surface area (Å²) in [7, 11) is 0. The van der Waals surface area contributed by atoms with E-state index in [-0.39, 0.29) is 0 Å². The lowest BCUT2D eigenvalue weighted by Crippen LogP contribution is -2.18. The Labute approximate surface area is 124 Å². The highest BCUT2D eigenvalue weighted by molar-refractivity contribution is 9.10. The molecule has 0 aliphatic carbocycles. The molecule has 0 aliphatic rings. The summed E-state index contributed by atoms with van der Waals surface area (Å²) < 4.78 is 1.16. The molecule has 0 fully saturated rings. The number of halogens is 1. The average Bonchev–Trinajstić information content (AvgIpc) is 2.37. The van der Waals surface area contributed by atoms with Crippen molar-refractivity contribution in [2.45, 2.75) is 45.1 Å². The van der Waals surface area contributed by atoms with Crippen molar-refractivity contribution in [2.24, 2.45) is 5.92 Å². The second kappa shape index (κ2) is 8.23. The molecule has 0 heterocycles. The summed E-state index contributed by atoms with van der Waals surface area (Å²) in [5.41, 5.74) is 1.40. The smallest absolute Gasteiger partial charge is 0.0303 e. The summed E-state index contributed by atoms with van der Waals surface area (Å²) in [6, 6.07) is 7.03. The van der Waals surface area contributed by atoms with Crippen molar-refractivity contribution < 1.29 is 0 Å². The molecule has 1 nitrogen and oxygen atoms in total. The second-order valence-electron chi connectivity index (χ2n) is 4.79. The van der Waals surface area contributed by atoms with E-state index < -0.39 is 0 Å². The highest BCUT2D eigenvalue weighted by Gasteiger charge is 2.11. The van der Waals surface area contributed by atoms with Crippen LogP contribution in [0.5, 0.6) is 0 Å². The standard InChI is InChI=1S/C15H24BrNS/c1-5-11(3)10-18-15-8-7-13(16)9-14(15)12(4)17-6-2/h7-9,11-12,17H,5-6,10H2,1-4H3. The maximum atomic E-state index is 3.57. The highest BCUT2D eigenvalue weighted by atomic mass is 79.9. The normalized spacial score (nSPS) is 14.5. The number of hydrogen-bond donors (Lipinski definition) is 1. The molecule has 0 amide bonds. The Morgan fingerprint density at radius 2 is 2.00 bits per heavy atom. The van der Waals surface area contributed by atoms with E-state index >= 15 is 0 Å². The molecule has 2 atom stereocenters. The van der Waals surface area contributed by atoms with Gasteiger partial charge in [-0.05, 0) is 43.1 Å². The first kappa shape index (κ1) is 16.1. The van der Waals surface area contributed by atoms with Gasteiger partial charge in [0.05, 0.1) is 0 Å². The maximum absolute atomic E-state index is 3.57. The number of hydrogen-bond acceptors (Lipinski definition) is 2. The summed E-state index contributed by atoms with van der Waals surface area (Å²) in [5.74, 6) is 1.98. The van der Waals surface area contributed by atoms with Gasteiger partial charge in [0.2, 0.25) is 0 Å². The molecular formula is C15H24BrNS. The number of rotatable bonds is 7. The quantitative estimate of drug-likeness (QED) is 0.685. The van der Waals surface area contributed by atoms with E-state index in [1.165, 1.54) is 22.6 Å². The van der Waals surface area contributed by atoms with Crippen molar-refractivity contribution in [2.75, 3.05) is 12.3 Å². The molecule has 0 spiro atoms. The van der Waals surface area contributed by atoms with Crippen LogP contribution in [-0.4, -0.2) is 12.3 Å². The Hall–Kier alpha value is 0.01000. The van der Waals surface area contributed by atoms with Gasteiger partial charge in [0.1, 0.15) is 0 Å². The Bertz CT molecular complexity index is 368. The summed E-state index contributed by atoms with van der Waals surface area (Å²) in [6.07, 6.45) is 1.25. The zero-order valence-corrected chi connectivity index (χ0v) is 14.2. The van der Waals surface area contributed by atoms with Gasteiger partial charge in [-0.3, -0.25) is 0 Å². The molecule has 18 heavy (non-hydrogen) atoms. The summed E-state index contributed by atoms with van der Waals surface area (Å²) in [4.78, 5) is 1.41. The molecule has 1 aromatic rings. The van der Waals surface area contributed by atoms with E-state index in [9.17, 15) is 0 Å². The zero-order chi connectivity index (χ0) is 13.5. The van der Waals surface area contributed by atoms with Gasteiger partial charge in [-0.25, -0.2) is 0 Å². The van der Waals surface area contributed by atoms with Gasteiger partial charge in [-0.1, -0.05) is 43.1 Å². The van der Waals surface area contributed by atoms with Gasteiger partial charge in [0, 0.05) is 21.2 Å². The molecule has 2 unspecified atom stereocenters.